The van der Waals surface area contributed by atoms with Gasteiger partial charge in [-0.1, -0.05) is 289 Å². The van der Waals surface area contributed by atoms with E-state index in [0.717, 1.165) is 38.5 Å². The minimum Gasteiger partial charge on any atom is -0.391 e. The van der Waals surface area contributed by atoms with Gasteiger partial charge in [-0.15, -0.1) is 0 Å². The average Bonchev–Trinajstić information content (AvgIpc) is 3.32. The van der Waals surface area contributed by atoms with Crippen LogP contribution in [-0.2, 0) is 18.4 Å². The van der Waals surface area contributed by atoms with Gasteiger partial charge in [0, 0.05) is 6.42 Å². The summed E-state index contributed by atoms with van der Waals surface area (Å²) in [5.74, 6) is -0.141. The van der Waals surface area contributed by atoms with Crippen molar-refractivity contribution < 1.29 is 32.9 Å². The molecule has 0 aliphatic carbocycles. The Bertz CT molecular complexity index is 1150. The molecule has 1 amide bonds. The zero-order chi connectivity index (χ0) is 51.3. The normalized spacial score (nSPS) is 13.9. The van der Waals surface area contributed by atoms with Crippen LogP contribution in [-0.4, -0.2) is 73.4 Å². The molecule has 0 spiro atoms. The van der Waals surface area contributed by atoms with E-state index in [4.69, 9.17) is 9.05 Å². The summed E-state index contributed by atoms with van der Waals surface area (Å²) in [5, 5.41) is 14.0. The van der Waals surface area contributed by atoms with Gasteiger partial charge in [0.1, 0.15) is 13.2 Å². The lowest BCUT2D eigenvalue weighted by molar-refractivity contribution is -0.870. The number of quaternary nitrogens is 1. The summed E-state index contributed by atoms with van der Waals surface area (Å²) in [6.07, 6.45) is 66.2. The van der Waals surface area contributed by atoms with Crippen LogP contribution in [0.1, 0.15) is 322 Å². The molecule has 0 aromatic heterocycles. The molecule has 9 heteroatoms. The molecule has 418 valence electrons. The standard InChI is InChI=1S/C61H123N2O6P/c1-6-8-10-12-14-16-17-18-19-20-21-22-23-24-25-26-27-28-29-30-31-32-33-34-35-36-37-38-39-40-41-42-43-44-45-47-49-51-53-55-61(65)62-59(58-69-70(66,67)68-57-56-63(3,4)5)60(64)54-52-50-48-46-15-13-11-9-7-2/h30-31,59-60,64H,6-29,32-58H2,1-5H3,(H-,62,65,66,67)/p+1/b31-30-. The van der Waals surface area contributed by atoms with Gasteiger partial charge in [-0.3, -0.25) is 13.8 Å². The molecule has 0 heterocycles. The molecule has 0 aliphatic heterocycles. The quantitative estimate of drug-likeness (QED) is 0.0243. The minimum absolute atomic E-state index is 0.0772. The number of unbranched alkanes of at least 4 members (excludes halogenated alkanes) is 43. The van der Waals surface area contributed by atoms with Gasteiger partial charge in [-0.05, 0) is 38.5 Å². The largest absolute Gasteiger partial charge is 0.472 e. The number of phosphoric ester groups is 1. The lowest BCUT2D eigenvalue weighted by Crippen LogP contribution is -2.46. The Balaban J connectivity index is 3.75. The fraction of sp³-hybridized carbons (Fsp3) is 0.951. The molecule has 0 radical (unpaired) electrons. The van der Waals surface area contributed by atoms with Crippen LogP contribution in [0.3, 0.4) is 0 Å². The third-order valence-corrected chi connectivity index (χ3v) is 15.5. The Morgan fingerprint density at radius 1 is 0.471 bits per heavy atom. The van der Waals surface area contributed by atoms with Gasteiger partial charge < -0.3 is 19.8 Å². The van der Waals surface area contributed by atoms with E-state index in [2.05, 4.69) is 31.3 Å². The highest BCUT2D eigenvalue weighted by Gasteiger charge is 2.28. The maximum Gasteiger partial charge on any atom is 0.472 e. The lowest BCUT2D eigenvalue weighted by atomic mass is 10.0. The third-order valence-electron chi connectivity index (χ3n) is 14.5. The predicted octanol–water partition coefficient (Wildman–Crippen LogP) is 19.0. The monoisotopic (exact) mass is 1010 g/mol. The fourth-order valence-electron chi connectivity index (χ4n) is 9.63. The van der Waals surface area contributed by atoms with Gasteiger partial charge in [0.05, 0.1) is 39.9 Å². The third kappa shape index (κ3) is 55.0. The first-order valence-corrected chi connectivity index (χ1v) is 32.5. The van der Waals surface area contributed by atoms with Crippen molar-refractivity contribution in [1.82, 2.24) is 5.32 Å². The van der Waals surface area contributed by atoms with Gasteiger partial charge in [0.25, 0.3) is 0 Å². The molecular weight excluding hydrogens is 888 g/mol. The molecule has 0 aliphatic rings. The summed E-state index contributed by atoms with van der Waals surface area (Å²) < 4.78 is 23.7. The van der Waals surface area contributed by atoms with Crippen molar-refractivity contribution in [3.05, 3.63) is 12.2 Å². The van der Waals surface area contributed by atoms with Crippen molar-refractivity contribution >= 4 is 13.7 Å². The average molecular weight is 1010 g/mol. The number of carbonyl (C=O) groups is 1. The zero-order valence-corrected chi connectivity index (χ0v) is 48.7. The van der Waals surface area contributed by atoms with Crippen LogP contribution in [0.5, 0.6) is 0 Å². The number of phosphoric acid groups is 1. The van der Waals surface area contributed by atoms with Crippen molar-refractivity contribution in [2.24, 2.45) is 0 Å². The summed E-state index contributed by atoms with van der Waals surface area (Å²) in [6.45, 7) is 4.90. The van der Waals surface area contributed by atoms with Crippen LogP contribution >= 0.6 is 7.82 Å². The first kappa shape index (κ1) is 69.2. The summed E-state index contributed by atoms with van der Waals surface area (Å²) >= 11 is 0. The molecule has 0 bridgehead atoms. The molecule has 70 heavy (non-hydrogen) atoms. The first-order valence-electron chi connectivity index (χ1n) is 31.1. The molecule has 0 saturated carbocycles. The highest BCUT2D eigenvalue weighted by atomic mass is 31.2. The van der Waals surface area contributed by atoms with Gasteiger partial charge in [-0.2, -0.15) is 0 Å². The number of hydrogen-bond acceptors (Lipinski definition) is 5. The molecule has 3 unspecified atom stereocenters. The van der Waals surface area contributed by atoms with Crippen LogP contribution in [0.4, 0.5) is 0 Å². The van der Waals surface area contributed by atoms with E-state index in [1.807, 2.05) is 21.1 Å². The van der Waals surface area contributed by atoms with E-state index in [1.165, 1.54) is 257 Å². The summed E-state index contributed by atoms with van der Waals surface area (Å²) in [6, 6.07) is -0.755. The van der Waals surface area contributed by atoms with E-state index in [1.54, 1.807) is 0 Å². The molecule has 3 N–H and O–H groups in total. The van der Waals surface area contributed by atoms with E-state index in [9.17, 15) is 19.4 Å². The molecule has 0 rings (SSSR count). The van der Waals surface area contributed by atoms with Gasteiger partial charge in [0.15, 0.2) is 0 Å². The van der Waals surface area contributed by atoms with E-state index < -0.39 is 20.0 Å². The van der Waals surface area contributed by atoms with Gasteiger partial charge >= 0.3 is 7.82 Å². The number of aliphatic hydroxyl groups is 1. The molecule has 0 fully saturated rings. The summed E-state index contributed by atoms with van der Waals surface area (Å²) in [5.41, 5.74) is 0. The second-order valence-electron chi connectivity index (χ2n) is 22.8. The molecule has 0 saturated heterocycles. The van der Waals surface area contributed by atoms with Crippen molar-refractivity contribution in [1.29, 1.82) is 0 Å². The Morgan fingerprint density at radius 2 is 0.771 bits per heavy atom. The molecule has 3 atom stereocenters. The molecule has 0 aromatic rings. The van der Waals surface area contributed by atoms with Crippen LogP contribution < -0.4 is 5.32 Å². The number of nitrogens with one attached hydrogen (secondary N) is 1. The molecular formula is C61H124N2O6P+. The Hall–Kier alpha value is -0.760. The van der Waals surface area contributed by atoms with Crippen molar-refractivity contribution in [3.8, 4) is 0 Å². The topological polar surface area (TPSA) is 105 Å². The van der Waals surface area contributed by atoms with Crippen LogP contribution in [0.2, 0.25) is 0 Å². The van der Waals surface area contributed by atoms with Gasteiger partial charge in [-0.25, -0.2) is 4.57 Å². The van der Waals surface area contributed by atoms with E-state index >= 15 is 0 Å². The molecule has 0 aromatic carbocycles. The zero-order valence-electron chi connectivity index (χ0n) is 47.8. The minimum atomic E-state index is -4.31. The van der Waals surface area contributed by atoms with Crippen LogP contribution in [0, 0.1) is 0 Å². The van der Waals surface area contributed by atoms with Crippen LogP contribution in [0.25, 0.3) is 0 Å². The van der Waals surface area contributed by atoms with Crippen LogP contribution in [0.15, 0.2) is 12.2 Å². The highest BCUT2D eigenvalue weighted by molar-refractivity contribution is 7.47. The van der Waals surface area contributed by atoms with Gasteiger partial charge in [0.2, 0.25) is 5.91 Å². The van der Waals surface area contributed by atoms with E-state index in [0.29, 0.717) is 23.9 Å². The first-order chi connectivity index (χ1) is 34.0. The Kier molecular flexibility index (Phi) is 52.5. The van der Waals surface area contributed by atoms with E-state index in [-0.39, 0.29) is 19.1 Å². The summed E-state index contributed by atoms with van der Waals surface area (Å²) in [4.78, 5) is 23.2. The number of amides is 1. The molecule has 8 nitrogen and oxygen atoms in total. The maximum atomic E-state index is 12.9. The highest BCUT2D eigenvalue weighted by Crippen LogP contribution is 2.43. The number of rotatable bonds is 58. The van der Waals surface area contributed by atoms with Crippen molar-refractivity contribution in [2.75, 3.05) is 40.9 Å². The number of likely N-dealkylation sites (N-methyl/N-ethyl adjacent to an activating group) is 1. The number of allylic oxidation sites excluding steroid dienone is 2. The smallest absolute Gasteiger partial charge is 0.391 e. The SMILES string of the molecule is CCCCCCCCCCCCCCCCCCCC/C=C\CCCCCCCCCCCCCCCCCCCC(=O)NC(COP(=O)(O)OCC[N+](C)(C)C)C(O)CCCCCCCCCCC. The summed E-state index contributed by atoms with van der Waals surface area (Å²) in [7, 11) is 1.63. The number of carbonyl (C=O) groups excluding carboxylic acids is 1. The maximum absolute atomic E-state index is 12.9. The second-order valence-corrected chi connectivity index (χ2v) is 24.2. The lowest BCUT2D eigenvalue weighted by Gasteiger charge is -2.26. The predicted molar refractivity (Wildman–Crippen MR) is 305 cm³/mol. The number of nitrogens with zero attached hydrogens (tertiary/aromatic N) is 1. The number of aliphatic hydroxyl groups excluding tert-OH is 1. The second kappa shape index (κ2) is 53.1. The Labute approximate surface area is 437 Å². The Morgan fingerprint density at radius 3 is 1.10 bits per heavy atom. The van der Waals surface area contributed by atoms with Crippen molar-refractivity contribution in [3.63, 3.8) is 0 Å². The van der Waals surface area contributed by atoms with Crippen molar-refractivity contribution in [2.45, 2.75) is 334 Å². The fourth-order valence-corrected chi connectivity index (χ4v) is 10.4. The number of hydrogen-bond donors (Lipinski definition) is 3.